The van der Waals surface area contributed by atoms with Gasteiger partial charge in [0.15, 0.2) is 0 Å². The molecule has 6 nitrogen and oxygen atoms in total. The molecular weight excluding hydrogens is 428 g/mol. The number of likely N-dealkylation sites (tertiary alicyclic amines) is 1. The van der Waals surface area contributed by atoms with Crippen LogP contribution in [0.15, 0.2) is 48.0 Å². The summed E-state index contributed by atoms with van der Waals surface area (Å²) >= 11 is 0. The van der Waals surface area contributed by atoms with E-state index in [-0.39, 0.29) is 17.4 Å². The van der Waals surface area contributed by atoms with Crippen LogP contribution in [0.25, 0.3) is 5.76 Å². The van der Waals surface area contributed by atoms with Crippen molar-refractivity contribution in [2.75, 3.05) is 27.2 Å². The first-order valence-electron chi connectivity index (χ1n) is 12.0. The van der Waals surface area contributed by atoms with E-state index in [2.05, 4.69) is 18.7 Å². The lowest BCUT2D eigenvalue weighted by Crippen LogP contribution is -2.32. The van der Waals surface area contributed by atoms with Gasteiger partial charge in [0.2, 0.25) is 0 Å². The van der Waals surface area contributed by atoms with E-state index in [9.17, 15) is 14.7 Å². The van der Waals surface area contributed by atoms with Crippen LogP contribution in [-0.4, -0.2) is 59.9 Å². The average molecular weight is 463 g/mol. The Kier molecular flexibility index (Phi) is 6.80. The number of benzene rings is 2. The lowest BCUT2D eigenvalue weighted by molar-refractivity contribution is -0.139. The Balaban J connectivity index is 1.77. The second kappa shape index (κ2) is 9.63. The number of aliphatic hydroxyl groups excluding tert-OH is 1. The van der Waals surface area contributed by atoms with Gasteiger partial charge in [-0.1, -0.05) is 38.1 Å². The lowest BCUT2D eigenvalue weighted by Gasteiger charge is -2.26. The molecule has 1 saturated heterocycles. The maximum Gasteiger partial charge on any atom is 0.295 e. The van der Waals surface area contributed by atoms with Gasteiger partial charge in [-0.15, -0.1) is 0 Å². The highest BCUT2D eigenvalue weighted by Gasteiger charge is 2.45. The molecule has 0 saturated carbocycles. The first-order chi connectivity index (χ1) is 16.2. The number of nitrogens with zero attached hydrogens (tertiary/aromatic N) is 2. The minimum absolute atomic E-state index is 0.0779. The van der Waals surface area contributed by atoms with Crippen molar-refractivity contribution in [2.24, 2.45) is 0 Å². The molecule has 4 rings (SSSR count). The Morgan fingerprint density at radius 3 is 2.50 bits per heavy atom. The molecule has 0 aromatic heterocycles. The van der Waals surface area contributed by atoms with Crippen LogP contribution in [0.4, 0.5) is 0 Å². The molecule has 0 unspecified atom stereocenters. The minimum Gasteiger partial charge on any atom is -0.507 e. The molecule has 0 bridgehead atoms. The monoisotopic (exact) mass is 462 g/mol. The summed E-state index contributed by atoms with van der Waals surface area (Å²) in [4.78, 5) is 30.0. The van der Waals surface area contributed by atoms with Crippen LogP contribution < -0.4 is 4.74 Å². The maximum absolute atomic E-state index is 13.2. The number of ether oxygens (including phenoxy) is 1. The summed E-state index contributed by atoms with van der Waals surface area (Å²) < 4.78 is 5.78. The van der Waals surface area contributed by atoms with Crippen molar-refractivity contribution in [2.45, 2.75) is 51.7 Å². The molecule has 0 aliphatic carbocycles. The maximum atomic E-state index is 13.2. The van der Waals surface area contributed by atoms with E-state index in [1.165, 1.54) is 5.56 Å². The smallest absolute Gasteiger partial charge is 0.295 e. The molecule has 34 heavy (non-hydrogen) atoms. The number of ketones is 1. The van der Waals surface area contributed by atoms with Crippen molar-refractivity contribution in [3.05, 3.63) is 70.3 Å². The molecule has 1 amide bonds. The molecule has 180 valence electrons. The Hall–Kier alpha value is -3.12. The molecule has 0 spiro atoms. The Bertz CT molecular complexity index is 1120. The van der Waals surface area contributed by atoms with E-state index >= 15 is 0 Å². The summed E-state index contributed by atoms with van der Waals surface area (Å²) in [5.41, 5.74) is 3.69. The van der Waals surface area contributed by atoms with Crippen LogP contribution >= 0.6 is 0 Å². The standard InChI is InChI=1S/C28H34N2O4/c1-17(2)19-7-9-20(10-8-19)25-24(27(32)28(33)30(25)14-6-13-29(4)5)26(31)21-11-12-23-22(16-21)15-18(3)34-23/h7-12,16-18,25,31H,6,13-15H2,1-5H3/b26-24+/t18-,25+/m0/s1. The number of carbonyl (C=O) groups excluding carboxylic acids is 2. The second-order valence-electron chi connectivity index (χ2n) is 9.93. The van der Waals surface area contributed by atoms with E-state index in [1.54, 1.807) is 11.0 Å². The highest BCUT2D eigenvalue weighted by Crippen LogP contribution is 2.41. The summed E-state index contributed by atoms with van der Waals surface area (Å²) in [5.74, 6) is -0.152. The summed E-state index contributed by atoms with van der Waals surface area (Å²) in [6, 6.07) is 12.8. The van der Waals surface area contributed by atoms with E-state index in [0.717, 1.165) is 36.3 Å². The molecule has 2 aromatic rings. The van der Waals surface area contributed by atoms with E-state index in [1.807, 2.05) is 57.4 Å². The van der Waals surface area contributed by atoms with Crippen LogP contribution in [-0.2, 0) is 16.0 Å². The second-order valence-corrected chi connectivity index (χ2v) is 9.93. The van der Waals surface area contributed by atoms with Crippen LogP contribution in [0.1, 0.15) is 61.4 Å². The fourth-order valence-corrected chi connectivity index (χ4v) is 4.80. The van der Waals surface area contributed by atoms with Gasteiger partial charge in [0.05, 0.1) is 11.6 Å². The number of Topliss-reactive ketones (excluding diaryl/α,β-unsaturated/α-hetero) is 1. The van der Waals surface area contributed by atoms with Crippen molar-refractivity contribution in [3.8, 4) is 5.75 Å². The van der Waals surface area contributed by atoms with E-state index in [0.29, 0.717) is 18.0 Å². The van der Waals surface area contributed by atoms with Gasteiger partial charge < -0.3 is 19.6 Å². The van der Waals surface area contributed by atoms with Crippen molar-refractivity contribution >= 4 is 17.4 Å². The molecule has 2 heterocycles. The third kappa shape index (κ3) is 4.60. The lowest BCUT2D eigenvalue weighted by atomic mass is 9.92. The molecule has 2 aromatic carbocycles. The predicted molar refractivity (Wildman–Crippen MR) is 133 cm³/mol. The van der Waals surface area contributed by atoms with Crippen molar-refractivity contribution in [3.63, 3.8) is 0 Å². The van der Waals surface area contributed by atoms with Crippen molar-refractivity contribution in [1.29, 1.82) is 0 Å². The van der Waals surface area contributed by atoms with Gasteiger partial charge >= 0.3 is 0 Å². The first kappa shape index (κ1) is 24.0. The Morgan fingerprint density at radius 1 is 1.15 bits per heavy atom. The van der Waals surface area contributed by atoms with Crippen LogP contribution in [0, 0.1) is 0 Å². The van der Waals surface area contributed by atoms with Gasteiger partial charge in [0.1, 0.15) is 17.6 Å². The Morgan fingerprint density at radius 2 is 1.85 bits per heavy atom. The zero-order chi connectivity index (χ0) is 24.6. The highest BCUT2D eigenvalue weighted by atomic mass is 16.5. The summed E-state index contributed by atoms with van der Waals surface area (Å²) in [5, 5.41) is 11.3. The third-order valence-electron chi connectivity index (χ3n) is 6.63. The van der Waals surface area contributed by atoms with Crippen molar-refractivity contribution in [1.82, 2.24) is 9.80 Å². The topological polar surface area (TPSA) is 70.1 Å². The minimum atomic E-state index is -0.634. The summed E-state index contributed by atoms with van der Waals surface area (Å²) in [6.45, 7) is 7.48. The number of amides is 1. The van der Waals surface area contributed by atoms with Gasteiger partial charge in [-0.3, -0.25) is 9.59 Å². The molecule has 1 N–H and O–H groups in total. The number of hydrogen-bond acceptors (Lipinski definition) is 5. The van der Waals surface area contributed by atoms with Gasteiger partial charge in [0, 0.05) is 18.5 Å². The zero-order valence-electron chi connectivity index (χ0n) is 20.7. The summed E-state index contributed by atoms with van der Waals surface area (Å²) in [7, 11) is 3.96. The summed E-state index contributed by atoms with van der Waals surface area (Å²) in [6.07, 6.45) is 1.55. The van der Waals surface area contributed by atoms with Crippen LogP contribution in [0.3, 0.4) is 0 Å². The molecule has 2 aliphatic rings. The van der Waals surface area contributed by atoms with Gasteiger partial charge in [-0.05, 0) is 74.8 Å². The number of aliphatic hydroxyl groups is 1. The van der Waals surface area contributed by atoms with Gasteiger partial charge in [0.25, 0.3) is 11.7 Å². The van der Waals surface area contributed by atoms with E-state index in [4.69, 9.17) is 4.74 Å². The molecule has 2 atom stereocenters. The Labute approximate surface area is 201 Å². The normalized spacial score (nSPS) is 21.4. The molecule has 2 aliphatic heterocycles. The van der Waals surface area contributed by atoms with Gasteiger partial charge in [-0.2, -0.15) is 0 Å². The largest absolute Gasteiger partial charge is 0.507 e. The SMILES string of the molecule is CC(C)c1ccc([C@@H]2/C(=C(\O)c3ccc4c(c3)C[C@H](C)O4)C(=O)C(=O)N2CCCN(C)C)cc1. The highest BCUT2D eigenvalue weighted by molar-refractivity contribution is 6.46. The molecule has 1 fully saturated rings. The first-order valence-corrected chi connectivity index (χ1v) is 12.0. The van der Waals surface area contributed by atoms with Crippen LogP contribution in [0.2, 0.25) is 0 Å². The number of carbonyl (C=O) groups is 2. The molecule has 6 heteroatoms. The molecule has 0 radical (unpaired) electrons. The van der Waals surface area contributed by atoms with Crippen LogP contribution in [0.5, 0.6) is 5.75 Å². The van der Waals surface area contributed by atoms with Gasteiger partial charge in [-0.25, -0.2) is 0 Å². The zero-order valence-corrected chi connectivity index (χ0v) is 20.7. The van der Waals surface area contributed by atoms with Crippen molar-refractivity contribution < 1.29 is 19.4 Å². The number of hydrogen-bond donors (Lipinski definition) is 1. The number of fused-ring (bicyclic) bond motifs is 1. The quantitative estimate of drug-likeness (QED) is 0.373. The fraction of sp³-hybridized carbons (Fsp3) is 0.429. The average Bonchev–Trinajstić information content (AvgIpc) is 3.29. The van der Waals surface area contributed by atoms with E-state index < -0.39 is 17.7 Å². The fourth-order valence-electron chi connectivity index (χ4n) is 4.80. The molecular formula is C28H34N2O4. The third-order valence-corrected chi connectivity index (χ3v) is 6.63. The predicted octanol–water partition coefficient (Wildman–Crippen LogP) is 4.51. The number of rotatable bonds is 7.